The van der Waals surface area contributed by atoms with Crippen molar-refractivity contribution in [3.8, 4) is 5.88 Å². The maximum Gasteiger partial charge on any atom is 0.328 e. The third-order valence-electron chi connectivity index (χ3n) is 12.5. The standard InChI is InChI=1S/C43H52N10O3/c1-29-38(27-45-41-40(29)44-17-25-56-41)52-23-15-33-26-46-42(48-37(33)28-52)47-34-4-8-35(9-5-34)51-21-11-30(12-22-51)10-18-50-19-13-32(14-20-50)31-2-6-36(7-3-31)53-24-16-39(54)49-43(53)55/h2-9,26-27,30,32,44H,10-25,28H2,1H3,(H,46,47,48)(H,49,54,55). The molecule has 56 heavy (non-hydrogen) atoms. The topological polar surface area (TPSA) is 131 Å². The van der Waals surface area contributed by atoms with Crippen LogP contribution in [0.2, 0.25) is 0 Å². The van der Waals surface area contributed by atoms with Gasteiger partial charge < -0.3 is 30.1 Å². The zero-order chi connectivity index (χ0) is 38.0. The van der Waals surface area contributed by atoms with Gasteiger partial charge in [-0.15, -0.1) is 0 Å². The van der Waals surface area contributed by atoms with Crippen molar-refractivity contribution in [2.75, 3.05) is 84.3 Å². The zero-order valence-corrected chi connectivity index (χ0v) is 32.3. The summed E-state index contributed by atoms with van der Waals surface area (Å²) in [5.41, 5.74) is 9.99. The van der Waals surface area contributed by atoms with Crippen LogP contribution in [0.5, 0.6) is 5.88 Å². The molecule has 0 radical (unpaired) electrons. The Morgan fingerprint density at radius 2 is 1.62 bits per heavy atom. The van der Waals surface area contributed by atoms with Crippen LogP contribution < -0.4 is 35.4 Å². The van der Waals surface area contributed by atoms with Crippen molar-refractivity contribution in [3.05, 3.63) is 83.3 Å². The van der Waals surface area contributed by atoms with E-state index >= 15 is 0 Å². The van der Waals surface area contributed by atoms with Gasteiger partial charge in [-0.1, -0.05) is 12.1 Å². The van der Waals surface area contributed by atoms with Crippen LogP contribution in [0.15, 0.2) is 60.9 Å². The fraction of sp³-hybridized carbons (Fsp3) is 0.465. The number of anilines is 6. The summed E-state index contributed by atoms with van der Waals surface area (Å²) in [5.74, 6) is 2.44. The summed E-state index contributed by atoms with van der Waals surface area (Å²) in [4.78, 5) is 47.1. The van der Waals surface area contributed by atoms with E-state index in [0.717, 1.165) is 85.6 Å². The fourth-order valence-electron chi connectivity index (χ4n) is 9.06. The van der Waals surface area contributed by atoms with Gasteiger partial charge in [0.15, 0.2) is 0 Å². The number of benzene rings is 2. The molecule has 3 N–H and O–H groups in total. The highest BCUT2D eigenvalue weighted by Gasteiger charge is 2.27. The second-order valence-electron chi connectivity index (χ2n) is 15.9. The minimum absolute atomic E-state index is 0.202. The maximum atomic E-state index is 12.2. The normalized spacial score (nSPS) is 19.5. The molecule has 5 aliphatic heterocycles. The number of carbonyl (C=O) groups is 2. The number of pyridine rings is 1. The van der Waals surface area contributed by atoms with Crippen LogP contribution in [-0.2, 0) is 17.8 Å². The van der Waals surface area contributed by atoms with Crippen molar-refractivity contribution in [3.63, 3.8) is 0 Å². The van der Waals surface area contributed by atoms with Gasteiger partial charge in [0, 0.05) is 68.0 Å². The Balaban J connectivity index is 0.713. The molecule has 13 nitrogen and oxygen atoms in total. The van der Waals surface area contributed by atoms with Crippen LogP contribution in [-0.4, -0.2) is 90.8 Å². The molecule has 7 heterocycles. The van der Waals surface area contributed by atoms with Gasteiger partial charge in [-0.05, 0) is 124 Å². The average Bonchev–Trinajstić information content (AvgIpc) is 3.24. The molecule has 0 atom stereocenters. The summed E-state index contributed by atoms with van der Waals surface area (Å²) in [5, 5.41) is 9.31. The quantitative estimate of drug-likeness (QED) is 0.180. The van der Waals surface area contributed by atoms with Crippen LogP contribution in [0.25, 0.3) is 0 Å². The SMILES string of the molecule is Cc1c(N2CCc3cnc(Nc4ccc(N5CCC(CCN6CCC(c7ccc(N8CCC(=O)NC8=O)cc7)CC6)CC5)cc4)nc3C2)cnc2c1NCCO2. The van der Waals surface area contributed by atoms with Gasteiger partial charge in [0.05, 0.1) is 24.1 Å². The maximum absolute atomic E-state index is 12.2. The summed E-state index contributed by atoms with van der Waals surface area (Å²) in [7, 11) is 0. The molecular formula is C43H52N10O3. The van der Waals surface area contributed by atoms with Gasteiger partial charge in [0.2, 0.25) is 17.7 Å². The monoisotopic (exact) mass is 756 g/mol. The molecule has 3 saturated heterocycles. The number of carbonyl (C=O) groups excluding carboxylic acids is 2. The predicted molar refractivity (Wildman–Crippen MR) is 219 cm³/mol. The van der Waals surface area contributed by atoms with Gasteiger partial charge in [0.25, 0.3) is 0 Å². The minimum Gasteiger partial charge on any atom is -0.474 e. The lowest BCUT2D eigenvalue weighted by Gasteiger charge is -2.36. The van der Waals surface area contributed by atoms with Gasteiger partial charge in [-0.2, -0.15) is 0 Å². The summed E-state index contributed by atoms with van der Waals surface area (Å²) in [6, 6.07) is 16.8. The highest BCUT2D eigenvalue weighted by atomic mass is 16.5. The van der Waals surface area contributed by atoms with E-state index in [-0.39, 0.29) is 11.9 Å². The van der Waals surface area contributed by atoms with E-state index in [1.165, 1.54) is 55.5 Å². The fourth-order valence-corrected chi connectivity index (χ4v) is 9.06. The van der Waals surface area contributed by atoms with Crippen LogP contribution >= 0.6 is 0 Å². The van der Waals surface area contributed by atoms with Crippen molar-refractivity contribution >= 4 is 46.3 Å². The van der Waals surface area contributed by atoms with Gasteiger partial charge in [0.1, 0.15) is 12.3 Å². The number of nitrogens with zero attached hydrogens (tertiary/aromatic N) is 7. The average molecular weight is 757 g/mol. The Morgan fingerprint density at radius 1 is 0.839 bits per heavy atom. The molecule has 4 aromatic rings. The molecule has 3 fully saturated rings. The Labute approximate surface area is 328 Å². The number of amides is 3. The first-order valence-electron chi connectivity index (χ1n) is 20.5. The van der Waals surface area contributed by atoms with E-state index in [4.69, 9.17) is 9.72 Å². The summed E-state index contributed by atoms with van der Waals surface area (Å²) in [6.45, 7) is 11.3. The Kier molecular flexibility index (Phi) is 10.3. The third kappa shape index (κ3) is 7.82. The van der Waals surface area contributed by atoms with Crippen molar-refractivity contribution < 1.29 is 14.3 Å². The van der Waals surface area contributed by atoms with E-state index in [1.54, 1.807) is 4.90 Å². The van der Waals surface area contributed by atoms with Crippen LogP contribution in [0, 0.1) is 12.8 Å². The molecule has 0 bridgehead atoms. The molecule has 3 amide bonds. The van der Waals surface area contributed by atoms with E-state index in [9.17, 15) is 9.59 Å². The molecule has 292 valence electrons. The molecule has 9 rings (SSSR count). The first kappa shape index (κ1) is 36.2. The lowest BCUT2D eigenvalue weighted by Crippen LogP contribution is -2.49. The first-order chi connectivity index (χ1) is 27.4. The summed E-state index contributed by atoms with van der Waals surface area (Å²) >= 11 is 0. The van der Waals surface area contributed by atoms with Gasteiger partial charge >= 0.3 is 6.03 Å². The number of hydrogen-bond acceptors (Lipinski definition) is 11. The zero-order valence-electron chi connectivity index (χ0n) is 32.3. The largest absolute Gasteiger partial charge is 0.474 e. The first-order valence-corrected chi connectivity index (χ1v) is 20.5. The minimum atomic E-state index is -0.328. The Hall–Kier alpha value is -5.43. The lowest BCUT2D eigenvalue weighted by atomic mass is 9.88. The van der Waals surface area contributed by atoms with Crippen molar-refractivity contribution in [2.45, 2.75) is 64.3 Å². The Morgan fingerprint density at radius 3 is 2.41 bits per heavy atom. The van der Waals surface area contributed by atoms with Crippen LogP contribution in [0.3, 0.4) is 0 Å². The predicted octanol–water partition coefficient (Wildman–Crippen LogP) is 6.22. The number of nitrogens with one attached hydrogen (secondary N) is 3. The number of urea groups is 1. The van der Waals surface area contributed by atoms with E-state index in [1.807, 2.05) is 24.5 Å². The number of hydrogen-bond donors (Lipinski definition) is 3. The molecular weight excluding hydrogens is 705 g/mol. The highest BCUT2D eigenvalue weighted by molar-refractivity contribution is 6.05. The number of likely N-dealkylation sites (tertiary alicyclic amines) is 1. The molecule has 13 heteroatoms. The molecule has 2 aromatic carbocycles. The second kappa shape index (κ2) is 16.0. The molecule has 0 unspecified atom stereocenters. The van der Waals surface area contributed by atoms with Crippen molar-refractivity contribution in [1.29, 1.82) is 0 Å². The molecule has 0 aliphatic carbocycles. The number of fused-ring (bicyclic) bond motifs is 2. The number of piperidine rings is 2. The van der Waals surface area contributed by atoms with Crippen molar-refractivity contribution in [1.82, 2.24) is 25.2 Å². The number of rotatable bonds is 9. The van der Waals surface area contributed by atoms with Crippen molar-refractivity contribution in [2.24, 2.45) is 5.92 Å². The highest BCUT2D eigenvalue weighted by Crippen LogP contribution is 2.37. The van der Waals surface area contributed by atoms with E-state index < -0.39 is 0 Å². The van der Waals surface area contributed by atoms with E-state index in [0.29, 0.717) is 43.9 Å². The molecule has 0 saturated carbocycles. The summed E-state index contributed by atoms with van der Waals surface area (Å²) in [6.07, 6.45) is 11.2. The van der Waals surface area contributed by atoms with E-state index in [2.05, 4.69) is 83.9 Å². The Bertz CT molecular complexity index is 2040. The van der Waals surface area contributed by atoms with Gasteiger partial charge in [-0.25, -0.2) is 19.7 Å². The smallest absolute Gasteiger partial charge is 0.328 e. The summed E-state index contributed by atoms with van der Waals surface area (Å²) < 4.78 is 5.74. The van der Waals surface area contributed by atoms with Crippen LogP contribution in [0.1, 0.15) is 66.8 Å². The number of imide groups is 1. The third-order valence-corrected chi connectivity index (χ3v) is 12.5. The molecule has 5 aliphatic rings. The number of ether oxygens (including phenoxy) is 1. The molecule has 2 aromatic heterocycles. The van der Waals surface area contributed by atoms with Crippen LogP contribution in [0.4, 0.5) is 39.2 Å². The lowest BCUT2D eigenvalue weighted by molar-refractivity contribution is -0.120. The second-order valence-corrected chi connectivity index (χ2v) is 15.9. The molecule has 0 spiro atoms. The number of aromatic nitrogens is 3. The van der Waals surface area contributed by atoms with Gasteiger partial charge in [-0.3, -0.25) is 15.0 Å².